The van der Waals surface area contributed by atoms with Crippen molar-refractivity contribution in [3.8, 4) is 11.5 Å². The van der Waals surface area contributed by atoms with Gasteiger partial charge in [-0.2, -0.15) is 0 Å². The summed E-state index contributed by atoms with van der Waals surface area (Å²) in [6.07, 6.45) is 5.78. The third-order valence-electron chi connectivity index (χ3n) is 8.73. The number of hydrogen-bond acceptors (Lipinski definition) is 4. The van der Waals surface area contributed by atoms with Crippen molar-refractivity contribution >= 4 is 0 Å². The molecular weight excluding hydrogens is 342 g/mol. The van der Waals surface area contributed by atoms with E-state index in [1.807, 2.05) is 0 Å². The first-order valence-corrected chi connectivity index (χ1v) is 10.5. The number of methoxy groups -OCH3 is 1. The first-order chi connectivity index (χ1) is 12.9. The average molecular weight is 372 g/mol. The molecule has 2 N–H and O–H groups in total. The maximum absolute atomic E-state index is 12.4. The predicted octanol–water partition coefficient (Wildman–Crippen LogP) is 2.12. The number of nitrogens with zero attached hydrogens (tertiary/aromatic N) is 1. The second-order valence-corrected chi connectivity index (χ2v) is 9.99. The summed E-state index contributed by atoms with van der Waals surface area (Å²) < 4.78 is 13.2. The van der Waals surface area contributed by atoms with E-state index < -0.39 is 11.0 Å². The lowest BCUT2D eigenvalue weighted by Gasteiger charge is -2.65. The van der Waals surface area contributed by atoms with E-state index in [9.17, 15) is 10.2 Å². The Kier molecular flexibility index (Phi) is 3.08. The SMILES string of the molecule is CO[C@@H]1CC[C@@]2(O)[C@H]3Cc4ccc(O)c5c4[C@]2(CC[N+]3(C)CC2CC2)[C@H]1O5. The monoisotopic (exact) mass is 372 g/mol. The molecule has 0 amide bonds. The number of phenolic OH excluding ortho intramolecular Hbond substituents is 1. The molecule has 0 aromatic heterocycles. The third kappa shape index (κ3) is 1.82. The number of hydrogen-bond donors (Lipinski definition) is 2. The first kappa shape index (κ1) is 16.6. The minimum atomic E-state index is -0.791. The summed E-state index contributed by atoms with van der Waals surface area (Å²) in [7, 11) is 4.11. The number of piperidine rings is 1. The van der Waals surface area contributed by atoms with Crippen LogP contribution in [0.4, 0.5) is 0 Å². The lowest BCUT2D eigenvalue weighted by atomic mass is 9.48. The van der Waals surface area contributed by atoms with Gasteiger partial charge < -0.3 is 24.2 Å². The minimum Gasteiger partial charge on any atom is -0.504 e. The summed E-state index contributed by atoms with van der Waals surface area (Å²) >= 11 is 0. The molecule has 2 bridgehead atoms. The maximum atomic E-state index is 12.4. The normalized spacial score (nSPS) is 46.7. The number of likely N-dealkylation sites (tertiary alicyclic amines) is 1. The Labute approximate surface area is 160 Å². The highest BCUT2D eigenvalue weighted by molar-refractivity contribution is 5.62. The number of likely N-dealkylation sites (N-methyl/N-ethyl adjacent to an activating group) is 1. The zero-order valence-electron chi connectivity index (χ0n) is 16.3. The zero-order valence-corrected chi connectivity index (χ0v) is 16.3. The minimum absolute atomic E-state index is 0.0380. The van der Waals surface area contributed by atoms with Crippen molar-refractivity contribution in [2.45, 2.75) is 67.8 Å². The van der Waals surface area contributed by atoms with Gasteiger partial charge in [0.1, 0.15) is 17.7 Å². The fourth-order valence-electron chi connectivity index (χ4n) is 7.35. The Morgan fingerprint density at radius 1 is 1.26 bits per heavy atom. The molecule has 1 saturated heterocycles. The molecule has 5 aliphatic rings. The van der Waals surface area contributed by atoms with Crippen molar-refractivity contribution in [2.24, 2.45) is 5.92 Å². The van der Waals surface area contributed by atoms with E-state index in [0.29, 0.717) is 5.75 Å². The van der Waals surface area contributed by atoms with Crippen molar-refractivity contribution in [2.75, 3.05) is 27.2 Å². The molecule has 6 atom stereocenters. The highest BCUT2D eigenvalue weighted by atomic mass is 16.5. The highest BCUT2D eigenvalue weighted by Crippen LogP contribution is 2.66. The van der Waals surface area contributed by atoms with Crippen LogP contribution >= 0.6 is 0 Å². The first-order valence-electron chi connectivity index (χ1n) is 10.5. The predicted molar refractivity (Wildman–Crippen MR) is 99.9 cm³/mol. The maximum Gasteiger partial charge on any atom is 0.165 e. The Balaban J connectivity index is 1.58. The molecule has 2 aliphatic heterocycles. The van der Waals surface area contributed by atoms with E-state index in [2.05, 4.69) is 13.1 Å². The number of aliphatic hydroxyl groups is 1. The molecule has 3 fully saturated rings. The van der Waals surface area contributed by atoms with E-state index in [1.165, 1.54) is 24.9 Å². The Hall–Kier alpha value is -1.30. The number of benzene rings is 1. The lowest BCUT2D eigenvalue weighted by Crippen LogP contribution is -2.81. The Morgan fingerprint density at radius 2 is 2.07 bits per heavy atom. The molecule has 1 unspecified atom stereocenters. The van der Waals surface area contributed by atoms with Crippen LogP contribution in [-0.2, 0) is 16.6 Å². The van der Waals surface area contributed by atoms with Crippen LogP contribution < -0.4 is 4.74 Å². The second kappa shape index (κ2) is 5.00. The Bertz CT molecular complexity index is 823. The molecule has 3 aliphatic carbocycles. The van der Waals surface area contributed by atoms with E-state index >= 15 is 0 Å². The van der Waals surface area contributed by atoms with Gasteiger partial charge in [-0.05, 0) is 37.3 Å². The smallest absolute Gasteiger partial charge is 0.165 e. The molecule has 5 nitrogen and oxygen atoms in total. The standard InChI is InChI=1S/C22H29NO4/c1-23(12-13-3-4-13)10-9-21-18-14-5-6-15(24)19(18)27-20(21)16(26-2)7-8-22(21,25)17(23)11-14/h5-6,13,16-17,20,25H,3-4,7-12H2,1-2H3/p+1/t16-,17-,20+,21-,22-,23?/m1/s1. The number of quaternary nitrogens is 1. The second-order valence-electron chi connectivity index (χ2n) is 9.99. The van der Waals surface area contributed by atoms with Crippen LogP contribution in [0.3, 0.4) is 0 Å². The quantitative estimate of drug-likeness (QED) is 0.798. The van der Waals surface area contributed by atoms with E-state index in [0.717, 1.165) is 48.2 Å². The molecule has 1 spiro atoms. The lowest BCUT2D eigenvalue weighted by molar-refractivity contribution is -0.950. The van der Waals surface area contributed by atoms with Crippen LogP contribution in [0.5, 0.6) is 11.5 Å². The number of ether oxygens (including phenoxy) is 2. The molecule has 1 aromatic rings. The number of aromatic hydroxyl groups is 1. The molecule has 146 valence electrons. The largest absolute Gasteiger partial charge is 0.504 e. The fraction of sp³-hybridized carbons (Fsp3) is 0.727. The molecule has 2 heterocycles. The van der Waals surface area contributed by atoms with Crippen LogP contribution in [-0.4, -0.2) is 65.8 Å². The third-order valence-corrected chi connectivity index (χ3v) is 8.73. The summed E-state index contributed by atoms with van der Waals surface area (Å²) in [6.45, 7) is 2.25. The average Bonchev–Trinajstić information content (AvgIpc) is 3.37. The van der Waals surface area contributed by atoms with Gasteiger partial charge in [-0.3, -0.25) is 0 Å². The summed E-state index contributed by atoms with van der Waals surface area (Å²) in [6, 6.07) is 4.03. The van der Waals surface area contributed by atoms with Crippen LogP contribution in [0, 0.1) is 5.92 Å². The van der Waals surface area contributed by atoms with Gasteiger partial charge in [0.2, 0.25) is 0 Å². The summed E-state index contributed by atoms with van der Waals surface area (Å²) in [5.41, 5.74) is 1.11. The molecule has 0 radical (unpaired) electrons. The highest BCUT2D eigenvalue weighted by Gasteiger charge is 2.76. The van der Waals surface area contributed by atoms with Gasteiger partial charge in [0, 0.05) is 31.4 Å². The van der Waals surface area contributed by atoms with E-state index in [4.69, 9.17) is 9.47 Å². The zero-order chi connectivity index (χ0) is 18.6. The van der Waals surface area contributed by atoms with Gasteiger partial charge >= 0.3 is 0 Å². The van der Waals surface area contributed by atoms with Crippen LogP contribution in [0.2, 0.25) is 0 Å². The van der Waals surface area contributed by atoms with Crippen molar-refractivity contribution in [1.82, 2.24) is 0 Å². The van der Waals surface area contributed by atoms with Gasteiger partial charge in [-0.1, -0.05) is 6.07 Å². The van der Waals surface area contributed by atoms with Crippen LogP contribution in [0.1, 0.15) is 43.2 Å². The molecule has 1 aromatic carbocycles. The number of phenols is 1. The Morgan fingerprint density at radius 3 is 2.81 bits per heavy atom. The van der Waals surface area contributed by atoms with Gasteiger partial charge in [-0.15, -0.1) is 0 Å². The topological polar surface area (TPSA) is 58.9 Å². The molecular formula is C22H30NO4+. The summed E-state index contributed by atoms with van der Waals surface area (Å²) in [4.78, 5) is 0. The number of rotatable bonds is 3. The van der Waals surface area contributed by atoms with E-state index in [1.54, 1.807) is 13.2 Å². The van der Waals surface area contributed by atoms with Gasteiger partial charge in [-0.25, -0.2) is 0 Å². The molecule has 6 rings (SSSR count). The van der Waals surface area contributed by atoms with Crippen LogP contribution in [0.15, 0.2) is 12.1 Å². The molecule has 5 heteroatoms. The van der Waals surface area contributed by atoms with Crippen LogP contribution in [0.25, 0.3) is 0 Å². The van der Waals surface area contributed by atoms with Gasteiger partial charge in [0.15, 0.2) is 11.5 Å². The molecule has 2 saturated carbocycles. The van der Waals surface area contributed by atoms with Crippen molar-refractivity contribution in [3.63, 3.8) is 0 Å². The summed E-state index contributed by atoms with van der Waals surface area (Å²) in [5.74, 6) is 1.64. The fourth-order valence-corrected chi connectivity index (χ4v) is 7.35. The molecule has 27 heavy (non-hydrogen) atoms. The van der Waals surface area contributed by atoms with Gasteiger partial charge in [0.25, 0.3) is 0 Å². The van der Waals surface area contributed by atoms with Crippen molar-refractivity contribution in [1.29, 1.82) is 0 Å². The van der Waals surface area contributed by atoms with Crippen molar-refractivity contribution in [3.05, 3.63) is 23.3 Å². The van der Waals surface area contributed by atoms with Crippen molar-refractivity contribution < 1.29 is 24.2 Å². The van der Waals surface area contributed by atoms with E-state index in [-0.39, 0.29) is 24.0 Å². The van der Waals surface area contributed by atoms with Gasteiger partial charge in [0.05, 0.1) is 31.7 Å². The summed E-state index contributed by atoms with van der Waals surface area (Å²) in [5, 5.41) is 22.9.